The lowest BCUT2D eigenvalue weighted by Crippen LogP contribution is -2.74. The Morgan fingerprint density at radius 3 is 2.36 bits per heavy atom. The molecule has 1 amide bonds. The number of halogens is 6. The number of alkyl halides is 6. The molecule has 4 saturated carbocycles. The highest BCUT2D eigenvalue weighted by atomic mass is 32.2. The van der Waals surface area contributed by atoms with Crippen LogP contribution in [0.3, 0.4) is 0 Å². The Hall–Kier alpha value is -2.57. The van der Waals surface area contributed by atoms with Crippen molar-refractivity contribution in [1.82, 2.24) is 9.78 Å². The minimum Gasteiger partial charge on any atom is -0.321 e. The first-order valence-electron chi connectivity index (χ1n) is 11.3. The van der Waals surface area contributed by atoms with Gasteiger partial charge in [0.05, 0.1) is 26.4 Å². The number of benzene rings is 1. The van der Waals surface area contributed by atoms with Crippen LogP contribution in [0, 0.1) is 16.1 Å². The Balaban J connectivity index is 1.57. The van der Waals surface area contributed by atoms with E-state index in [0.717, 1.165) is 4.68 Å². The Morgan fingerprint density at radius 2 is 1.89 bits per heavy atom. The third-order valence-corrected chi connectivity index (χ3v) is 8.81. The first kappa shape index (κ1) is 25.1. The van der Waals surface area contributed by atoms with Crippen molar-refractivity contribution in [3.63, 3.8) is 0 Å². The summed E-state index contributed by atoms with van der Waals surface area (Å²) in [7, 11) is -3.15. The van der Waals surface area contributed by atoms with E-state index in [9.17, 15) is 35.3 Å². The third-order valence-electron chi connectivity index (χ3n) is 7.66. The van der Waals surface area contributed by atoms with Crippen molar-refractivity contribution in [2.75, 3.05) is 11.6 Å². The summed E-state index contributed by atoms with van der Waals surface area (Å²) in [5, 5.41) is 6.47. The molecule has 196 valence electrons. The van der Waals surface area contributed by atoms with Crippen molar-refractivity contribution >= 4 is 21.3 Å². The van der Waals surface area contributed by atoms with Crippen LogP contribution >= 0.6 is 0 Å². The molecule has 0 saturated heterocycles. The van der Waals surface area contributed by atoms with Crippen LogP contribution in [0.5, 0.6) is 0 Å². The fourth-order valence-electron chi connectivity index (χ4n) is 5.86. The lowest BCUT2D eigenvalue weighted by molar-refractivity contribution is -0.304. The molecule has 4 aliphatic carbocycles. The van der Waals surface area contributed by atoms with Gasteiger partial charge in [-0.1, -0.05) is 13.0 Å². The predicted octanol–water partition coefficient (Wildman–Crippen LogP) is 5.84. The molecular formula is C23H24F6N4O2S. The van der Waals surface area contributed by atoms with E-state index in [-0.39, 0.29) is 30.0 Å². The van der Waals surface area contributed by atoms with E-state index in [1.54, 1.807) is 0 Å². The average Bonchev–Trinajstić information content (AvgIpc) is 3.03. The molecule has 0 aliphatic heterocycles. The molecule has 0 radical (unpaired) electrons. The highest BCUT2D eigenvalue weighted by Gasteiger charge is 2.81. The highest BCUT2D eigenvalue weighted by Crippen LogP contribution is 2.74. The lowest BCUT2D eigenvalue weighted by Gasteiger charge is -2.66. The van der Waals surface area contributed by atoms with Gasteiger partial charge in [-0.05, 0) is 36.5 Å². The highest BCUT2D eigenvalue weighted by molar-refractivity contribution is 7.91. The summed E-state index contributed by atoms with van der Waals surface area (Å²) in [5.41, 5.74) is -5.05. The van der Waals surface area contributed by atoms with Gasteiger partial charge >= 0.3 is 0 Å². The summed E-state index contributed by atoms with van der Waals surface area (Å²) in [6, 6.07) is 5.46. The van der Waals surface area contributed by atoms with Crippen LogP contribution in [0.1, 0.15) is 60.8 Å². The van der Waals surface area contributed by atoms with Crippen molar-refractivity contribution in [3.8, 4) is 0 Å². The molecule has 1 atom stereocenters. The van der Waals surface area contributed by atoms with Crippen molar-refractivity contribution in [2.45, 2.75) is 67.7 Å². The van der Waals surface area contributed by atoms with Crippen LogP contribution in [0.2, 0.25) is 0 Å². The molecule has 1 aromatic heterocycles. The molecule has 2 aromatic rings. The molecule has 1 aromatic carbocycles. The summed E-state index contributed by atoms with van der Waals surface area (Å²) < 4.78 is 106. The molecule has 6 rings (SSSR count). The number of aromatic nitrogens is 2. The molecule has 1 heterocycles. The largest absolute Gasteiger partial charge is 0.321 e. The van der Waals surface area contributed by atoms with Gasteiger partial charge in [-0.2, -0.15) is 5.10 Å². The van der Waals surface area contributed by atoms with Gasteiger partial charge in [0.15, 0.2) is 0 Å². The summed E-state index contributed by atoms with van der Waals surface area (Å²) >= 11 is 0. The van der Waals surface area contributed by atoms with Crippen molar-refractivity contribution < 1.29 is 35.3 Å². The number of hydrogen-bond donors (Lipinski definition) is 2. The second-order valence-corrected chi connectivity index (χ2v) is 12.9. The summed E-state index contributed by atoms with van der Waals surface area (Å²) in [4.78, 5) is 13.4. The zero-order valence-electron chi connectivity index (χ0n) is 19.4. The zero-order chi connectivity index (χ0) is 26.5. The smallest absolute Gasteiger partial charge is 0.274 e. The monoisotopic (exact) mass is 534 g/mol. The van der Waals surface area contributed by atoms with Crippen LogP contribution < -0.4 is 5.32 Å². The number of nitrogens with one attached hydrogen (secondary N) is 2. The van der Waals surface area contributed by atoms with E-state index >= 15 is 0 Å². The lowest BCUT2D eigenvalue weighted by atomic mass is 9.40. The Kier molecular flexibility index (Phi) is 5.22. The van der Waals surface area contributed by atoms with Crippen LogP contribution in [0.25, 0.3) is 0 Å². The molecule has 13 heteroatoms. The Morgan fingerprint density at radius 1 is 1.25 bits per heavy atom. The SMILES string of the molecule is CC1(Cn2nc(C34CC(C3)C4(F)F)c(C(F)F)c2C(=O)Nc2cccc(S(C)(=N)=O)c2)CC(F)(F)C1. The Bertz CT molecular complexity index is 1360. The second-order valence-electron chi connectivity index (χ2n) is 10.7. The number of hydrogen-bond acceptors (Lipinski definition) is 4. The molecule has 36 heavy (non-hydrogen) atoms. The van der Waals surface area contributed by atoms with E-state index in [0.29, 0.717) is 0 Å². The molecular weight excluding hydrogens is 510 g/mol. The number of rotatable bonds is 7. The predicted molar refractivity (Wildman–Crippen MR) is 118 cm³/mol. The maximum Gasteiger partial charge on any atom is 0.274 e. The fourth-order valence-corrected chi connectivity index (χ4v) is 6.55. The van der Waals surface area contributed by atoms with Crippen LogP contribution in [-0.2, 0) is 21.7 Å². The molecule has 4 aliphatic rings. The number of carbonyl (C=O) groups is 1. The van der Waals surface area contributed by atoms with Crippen LogP contribution in [0.4, 0.5) is 32.0 Å². The van der Waals surface area contributed by atoms with Crippen molar-refractivity contribution in [3.05, 3.63) is 41.2 Å². The van der Waals surface area contributed by atoms with E-state index in [4.69, 9.17) is 4.78 Å². The fraction of sp³-hybridized carbons (Fsp3) is 0.565. The second kappa shape index (κ2) is 7.48. The number of nitrogens with zero attached hydrogens (tertiary/aromatic N) is 2. The minimum atomic E-state index is -3.32. The minimum absolute atomic E-state index is 0.0382. The summed E-state index contributed by atoms with van der Waals surface area (Å²) in [6.45, 7) is 1.17. The van der Waals surface area contributed by atoms with Crippen molar-refractivity contribution in [2.24, 2.45) is 11.3 Å². The topological polar surface area (TPSA) is 87.8 Å². The normalized spacial score (nSPS) is 28.4. The molecule has 2 N–H and O–H groups in total. The van der Waals surface area contributed by atoms with E-state index in [2.05, 4.69) is 10.4 Å². The van der Waals surface area contributed by atoms with E-state index in [1.165, 1.54) is 37.4 Å². The van der Waals surface area contributed by atoms with Gasteiger partial charge in [0.25, 0.3) is 18.3 Å². The van der Waals surface area contributed by atoms with Gasteiger partial charge < -0.3 is 5.32 Å². The van der Waals surface area contributed by atoms with E-state index < -0.39 is 80.4 Å². The summed E-state index contributed by atoms with van der Waals surface area (Å²) in [6.07, 6.45) is -3.33. The number of carbonyl (C=O) groups excluding carboxylic acids is 1. The Labute approximate surface area is 203 Å². The van der Waals surface area contributed by atoms with E-state index in [1.807, 2.05) is 0 Å². The van der Waals surface area contributed by atoms with Gasteiger partial charge in [-0.15, -0.1) is 0 Å². The zero-order valence-corrected chi connectivity index (χ0v) is 20.2. The standard InChI is InChI=1S/C23H24F6N4O2S/c1-20(9-22(26,27)10-20)11-33-16(19(34)31-13-4-3-5-14(6-13)36(2,30)35)15(18(24)25)17(32-33)21-7-12(8-21)23(21,28)29/h3-6,12,18,30H,7-11H2,1-2H3,(H,31,34). The molecule has 6 nitrogen and oxygen atoms in total. The van der Waals surface area contributed by atoms with Gasteiger partial charge in [0.2, 0.25) is 5.92 Å². The molecule has 4 fully saturated rings. The maximum absolute atomic E-state index is 14.6. The van der Waals surface area contributed by atoms with Crippen molar-refractivity contribution in [1.29, 1.82) is 4.78 Å². The van der Waals surface area contributed by atoms with Crippen LogP contribution in [0.15, 0.2) is 29.2 Å². The number of anilines is 1. The summed E-state index contributed by atoms with van der Waals surface area (Å²) in [5.74, 6) is -8.19. The number of amides is 1. The molecule has 1 unspecified atom stereocenters. The first-order valence-corrected chi connectivity index (χ1v) is 13.2. The van der Waals surface area contributed by atoms with Gasteiger partial charge in [0, 0.05) is 42.1 Å². The third kappa shape index (κ3) is 3.64. The van der Waals surface area contributed by atoms with Gasteiger partial charge in [-0.25, -0.2) is 35.3 Å². The maximum atomic E-state index is 14.6. The molecule has 0 spiro atoms. The quantitative estimate of drug-likeness (QED) is 0.438. The molecule has 2 bridgehead atoms. The van der Waals surface area contributed by atoms with Crippen LogP contribution in [-0.4, -0.2) is 38.0 Å². The van der Waals surface area contributed by atoms with Gasteiger partial charge in [0.1, 0.15) is 5.69 Å². The average molecular weight is 535 g/mol. The van der Waals surface area contributed by atoms with Gasteiger partial charge in [-0.3, -0.25) is 9.48 Å². The first-order chi connectivity index (χ1) is 16.5.